The quantitative estimate of drug-likeness (QED) is 0.639. The molecule has 0 heterocycles. The number of hydrogen-bond acceptors (Lipinski definition) is 6. The number of methoxy groups -OCH3 is 2. The molecular weight excluding hydrogens is 420 g/mol. The van der Waals surface area contributed by atoms with Crippen LogP contribution in [0.2, 0.25) is 0 Å². The lowest BCUT2D eigenvalue weighted by atomic mass is 9.88. The number of hydrogen-bond donors (Lipinski definition) is 2. The molecule has 0 aromatic heterocycles. The Hall–Kier alpha value is -2.78. The zero-order valence-electron chi connectivity index (χ0n) is 17.7. The molecule has 1 aliphatic carbocycles. The van der Waals surface area contributed by atoms with Crippen molar-refractivity contribution in [2.24, 2.45) is 11.1 Å². The molecule has 168 valence electrons. The highest BCUT2D eigenvalue weighted by Gasteiger charge is 2.22. The van der Waals surface area contributed by atoms with Crippen LogP contribution in [0.15, 0.2) is 41.3 Å². The molecule has 0 bridgehead atoms. The molecule has 31 heavy (non-hydrogen) atoms. The summed E-state index contributed by atoms with van der Waals surface area (Å²) in [6.07, 6.45) is 4.96. The van der Waals surface area contributed by atoms with Gasteiger partial charge < -0.3 is 19.5 Å². The molecule has 0 radical (unpaired) electrons. The van der Waals surface area contributed by atoms with Crippen molar-refractivity contribution in [3.63, 3.8) is 0 Å². The van der Waals surface area contributed by atoms with Crippen LogP contribution < -0.4 is 24.7 Å². The van der Waals surface area contributed by atoms with Gasteiger partial charge in [0, 0.05) is 23.2 Å². The van der Waals surface area contributed by atoms with Gasteiger partial charge in [-0.2, -0.15) is 0 Å². The van der Waals surface area contributed by atoms with Crippen molar-refractivity contribution in [3.8, 4) is 17.2 Å². The Bertz CT molecular complexity index is 1030. The summed E-state index contributed by atoms with van der Waals surface area (Å²) in [6, 6.07) is 9.55. The first-order valence-corrected chi connectivity index (χ1v) is 11.7. The number of sulfonamides is 1. The van der Waals surface area contributed by atoms with Crippen LogP contribution in [0.25, 0.3) is 0 Å². The van der Waals surface area contributed by atoms with E-state index in [0.29, 0.717) is 22.7 Å². The van der Waals surface area contributed by atoms with Crippen LogP contribution in [-0.2, 0) is 21.4 Å². The molecule has 1 amide bonds. The molecule has 3 rings (SSSR count). The van der Waals surface area contributed by atoms with E-state index in [9.17, 15) is 13.2 Å². The van der Waals surface area contributed by atoms with Gasteiger partial charge in [0.25, 0.3) is 0 Å². The van der Waals surface area contributed by atoms with Gasteiger partial charge in [-0.05, 0) is 43.2 Å². The SMILES string of the molecule is COc1ccc(OC)c(COc2cc(NC(=O)C3CCCCC3)ccc2S(N)(=O)=O)c1. The Morgan fingerprint density at radius 1 is 1.03 bits per heavy atom. The van der Waals surface area contributed by atoms with E-state index in [2.05, 4.69) is 5.32 Å². The second kappa shape index (κ2) is 10.0. The predicted molar refractivity (Wildman–Crippen MR) is 117 cm³/mol. The van der Waals surface area contributed by atoms with Crippen LogP contribution in [0.5, 0.6) is 17.2 Å². The van der Waals surface area contributed by atoms with Gasteiger partial charge in [0.15, 0.2) is 0 Å². The molecule has 0 saturated heterocycles. The molecule has 0 unspecified atom stereocenters. The molecular formula is C22H28N2O6S. The summed E-state index contributed by atoms with van der Waals surface area (Å²) < 4.78 is 40.5. The largest absolute Gasteiger partial charge is 0.497 e. The number of amides is 1. The standard InChI is InChI=1S/C22H28N2O6S/c1-28-18-9-10-19(29-2)16(12-18)14-30-20-13-17(8-11-21(20)31(23,26)27)24-22(25)15-6-4-3-5-7-15/h8-13,15H,3-7,14H2,1-2H3,(H,24,25)(H2,23,26,27). The maximum Gasteiger partial charge on any atom is 0.241 e. The second-order valence-electron chi connectivity index (χ2n) is 7.50. The average Bonchev–Trinajstić information content (AvgIpc) is 2.77. The summed E-state index contributed by atoms with van der Waals surface area (Å²) in [6.45, 7) is 0.0168. The van der Waals surface area contributed by atoms with E-state index >= 15 is 0 Å². The fraction of sp³-hybridized carbons (Fsp3) is 0.409. The van der Waals surface area contributed by atoms with E-state index < -0.39 is 10.0 Å². The molecule has 9 heteroatoms. The second-order valence-corrected chi connectivity index (χ2v) is 9.03. The van der Waals surface area contributed by atoms with E-state index in [1.54, 1.807) is 25.3 Å². The first-order valence-electron chi connectivity index (χ1n) is 10.1. The molecule has 1 aliphatic rings. The van der Waals surface area contributed by atoms with Gasteiger partial charge in [0.05, 0.1) is 14.2 Å². The third-order valence-electron chi connectivity index (χ3n) is 5.36. The fourth-order valence-corrected chi connectivity index (χ4v) is 4.35. The molecule has 0 atom stereocenters. The van der Waals surface area contributed by atoms with Crippen molar-refractivity contribution < 1.29 is 27.4 Å². The van der Waals surface area contributed by atoms with Gasteiger partial charge in [0.2, 0.25) is 15.9 Å². The number of nitrogens with one attached hydrogen (secondary N) is 1. The molecule has 8 nitrogen and oxygen atoms in total. The minimum Gasteiger partial charge on any atom is -0.497 e. The summed E-state index contributed by atoms with van der Waals surface area (Å²) in [5.41, 5.74) is 1.12. The lowest BCUT2D eigenvalue weighted by molar-refractivity contribution is -0.120. The lowest BCUT2D eigenvalue weighted by Crippen LogP contribution is -2.24. The maximum absolute atomic E-state index is 12.6. The summed E-state index contributed by atoms with van der Waals surface area (Å²) in [4.78, 5) is 12.4. The maximum atomic E-state index is 12.6. The highest BCUT2D eigenvalue weighted by atomic mass is 32.2. The smallest absolute Gasteiger partial charge is 0.241 e. The number of rotatable bonds is 8. The van der Waals surface area contributed by atoms with Crippen molar-refractivity contribution in [2.75, 3.05) is 19.5 Å². The Labute approximate surface area is 182 Å². The van der Waals surface area contributed by atoms with Crippen molar-refractivity contribution >= 4 is 21.6 Å². The van der Waals surface area contributed by atoms with Gasteiger partial charge in [-0.1, -0.05) is 19.3 Å². The number of ether oxygens (including phenoxy) is 3. The number of primary sulfonamides is 1. The minimum atomic E-state index is -4.03. The van der Waals surface area contributed by atoms with Crippen molar-refractivity contribution in [3.05, 3.63) is 42.0 Å². The molecule has 0 spiro atoms. The van der Waals surface area contributed by atoms with E-state index in [0.717, 1.165) is 32.1 Å². The van der Waals surface area contributed by atoms with Gasteiger partial charge in [0.1, 0.15) is 28.8 Å². The molecule has 1 saturated carbocycles. The molecule has 1 fully saturated rings. The van der Waals surface area contributed by atoms with Crippen LogP contribution >= 0.6 is 0 Å². The Morgan fingerprint density at radius 2 is 1.77 bits per heavy atom. The Balaban J connectivity index is 1.83. The summed E-state index contributed by atoms with van der Waals surface area (Å²) >= 11 is 0. The van der Waals surface area contributed by atoms with E-state index in [-0.39, 0.29) is 29.1 Å². The highest BCUT2D eigenvalue weighted by Crippen LogP contribution is 2.31. The van der Waals surface area contributed by atoms with Crippen molar-refractivity contribution in [2.45, 2.75) is 43.6 Å². The van der Waals surface area contributed by atoms with E-state index in [1.165, 1.54) is 25.3 Å². The van der Waals surface area contributed by atoms with Crippen molar-refractivity contribution in [1.82, 2.24) is 0 Å². The van der Waals surface area contributed by atoms with Gasteiger partial charge in [-0.3, -0.25) is 4.79 Å². The summed E-state index contributed by atoms with van der Waals surface area (Å²) in [5.74, 6) is 1.13. The average molecular weight is 449 g/mol. The Morgan fingerprint density at radius 3 is 2.42 bits per heavy atom. The number of anilines is 1. The normalized spacial score (nSPS) is 14.7. The molecule has 2 aromatic rings. The Kier molecular flexibility index (Phi) is 7.40. The predicted octanol–water partition coefficient (Wildman–Crippen LogP) is 3.45. The topological polar surface area (TPSA) is 117 Å². The number of carbonyl (C=O) groups is 1. The van der Waals surface area contributed by atoms with Crippen LogP contribution in [0.3, 0.4) is 0 Å². The number of benzene rings is 2. The first kappa shape index (κ1) is 22.9. The van der Waals surface area contributed by atoms with Crippen LogP contribution in [0, 0.1) is 5.92 Å². The first-order chi connectivity index (χ1) is 14.8. The molecule has 0 aliphatic heterocycles. The third-order valence-corrected chi connectivity index (χ3v) is 6.31. The van der Waals surface area contributed by atoms with E-state index in [4.69, 9.17) is 19.3 Å². The van der Waals surface area contributed by atoms with Gasteiger partial charge >= 0.3 is 0 Å². The van der Waals surface area contributed by atoms with Gasteiger partial charge in [-0.25, -0.2) is 13.6 Å². The lowest BCUT2D eigenvalue weighted by Gasteiger charge is -2.21. The highest BCUT2D eigenvalue weighted by molar-refractivity contribution is 7.89. The number of carbonyl (C=O) groups excluding carboxylic acids is 1. The van der Waals surface area contributed by atoms with Crippen LogP contribution in [-0.4, -0.2) is 28.5 Å². The monoisotopic (exact) mass is 448 g/mol. The zero-order valence-corrected chi connectivity index (χ0v) is 18.5. The number of nitrogens with two attached hydrogens (primary N) is 1. The zero-order chi connectivity index (χ0) is 22.4. The van der Waals surface area contributed by atoms with Gasteiger partial charge in [-0.15, -0.1) is 0 Å². The summed E-state index contributed by atoms with van der Waals surface area (Å²) in [7, 11) is -0.950. The fourth-order valence-electron chi connectivity index (χ4n) is 3.69. The third kappa shape index (κ3) is 5.89. The van der Waals surface area contributed by atoms with Crippen LogP contribution in [0.4, 0.5) is 5.69 Å². The summed E-state index contributed by atoms with van der Waals surface area (Å²) in [5, 5.41) is 8.23. The van der Waals surface area contributed by atoms with Crippen LogP contribution in [0.1, 0.15) is 37.7 Å². The minimum absolute atomic E-state index is 0.0168. The molecule has 2 aromatic carbocycles. The van der Waals surface area contributed by atoms with E-state index in [1.807, 2.05) is 0 Å². The van der Waals surface area contributed by atoms with Crippen molar-refractivity contribution in [1.29, 1.82) is 0 Å². The molecule has 3 N–H and O–H groups in total.